The summed E-state index contributed by atoms with van der Waals surface area (Å²) in [7, 11) is 0. The zero-order valence-electron chi connectivity index (χ0n) is 12.0. The van der Waals surface area contributed by atoms with Gasteiger partial charge in [0, 0.05) is 30.5 Å². The molecule has 2 heterocycles. The van der Waals surface area contributed by atoms with Gasteiger partial charge >= 0.3 is 0 Å². The normalized spacial score (nSPS) is 21.2. The minimum absolute atomic E-state index is 0.141. The van der Waals surface area contributed by atoms with Gasteiger partial charge in [0.1, 0.15) is 0 Å². The molecule has 0 aliphatic carbocycles. The van der Waals surface area contributed by atoms with Crippen LogP contribution in [-0.2, 0) is 11.3 Å². The van der Waals surface area contributed by atoms with Gasteiger partial charge in [-0.3, -0.25) is 4.68 Å². The van der Waals surface area contributed by atoms with Gasteiger partial charge in [0.15, 0.2) is 0 Å². The molecule has 1 atom stereocenters. The molecule has 1 aliphatic rings. The maximum absolute atomic E-state index is 5.52. The fourth-order valence-electron chi connectivity index (χ4n) is 2.17. The second-order valence-corrected chi connectivity index (χ2v) is 6.19. The molecule has 0 spiro atoms. The smallest absolute Gasteiger partial charge is 0.0753 e. The minimum Gasteiger partial charge on any atom is -0.379 e. The molecule has 1 unspecified atom stereocenters. The third kappa shape index (κ3) is 3.56. The maximum Gasteiger partial charge on any atom is 0.0753 e. The number of ether oxygens (including phenoxy) is 1. The molecular formula is C14H25N3O. The van der Waals surface area contributed by atoms with Crippen LogP contribution in [0.15, 0.2) is 6.20 Å². The average molecular weight is 251 g/mol. The Morgan fingerprint density at radius 2 is 2.28 bits per heavy atom. The number of aryl methyl sites for hydroxylation is 1. The van der Waals surface area contributed by atoms with E-state index < -0.39 is 0 Å². The predicted molar refractivity (Wildman–Crippen MR) is 72.6 cm³/mol. The fourth-order valence-corrected chi connectivity index (χ4v) is 2.17. The molecule has 0 radical (unpaired) electrons. The third-order valence-electron chi connectivity index (χ3n) is 3.34. The Morgan fingerprint density at radius 1 is 1.50 bits per heavy atom. The first-order valence-electron chi connectivity index (χ1n) is 6.83. The molecule has 1 aromatic rings. The fraction of sp³-hybridized carbons (Fsp3) is 0.786. The number of rotatable bonds is 3. The van der Waals surface area contributed by atoms with Crippen molar-refractivity contribution in [3.05, 3.63) is 17.5 Å². The quantitative estimate of drug-likeness (QED) is 0.896. The summed E-state index contributed by atoms with van der Waals surface area (Å²) in [6.07, 6.45) is 4.49. The summed E-state index contributed by atoms with van der Waals surface area (Å²) in [4.78, 5) is 0. The van der Waals surface area contributed by atoms with Crippen molar-refractivity contribution in [1.82, 2.24) is 15.1 Å². The molecule has 0 aromatic carbocycles. The summed E-state index contributed by atoms with van der Waals surface area (Å²) in [5.74, 6) is 0. The van der Waals surface area contributed by atoms with E-state index >= 15 is 0 Å². The van der Waals surface area contributed by atoms with Gasteiger partial charge in [-0.05, 0) is 40.5 Å². The van der Waals surface area contributed by atoms with Crippen LogP contribution in [0.3, 0.4) is 0 Å². The van der Waals surface area contributed by atoms with Crippen molar-refractivity contribution in [2.75, 3.05) is 13.2 Å². The number of hydrogen-bond acceptors (Lipinski definition) is 3. The summed E-state index contributed by atoms with van der Waals surface area (Å²) in [6.45, 7) is 11.2. The highest BCUT2D eigenvalue weighted by molar-refractivity contribution is 5.16. The van der Waals surface area contributed by atoms with Crippen molar-refractivity contribution >= 4 is 0 Å². The van der Waals surface area contributed by atoms with Crippen molar-refractivity contribution in [2.24, 2.45) is 0 Å². The lowest BCUT2D eigenvalue weighted by atomic mass is 10.1. The van der Waals surface area contributed by atoms with E-state index in [2.05, 4.69) is 49.0 Å². The zero-order valence-corrected chi connectivity index (χ0v) is 12.0. The first-order chi connectivity index (χ1) is 8.46. The highest BCUT2D eigenvalue weighted by atomic mass is 16.5. The first-order valence-corrected chi connectivity index (χ1v) is 6.83. The molecule has 1 saturated heterocycles. The van der Waals surface area contributed by atoms with Crippen LogP contribution in [0.2, 0.25) is 0 Å². The second kappa shape index (κ2) is 5.41. The molecule has 0 amide bonds. The molecule has 4 nitrogen and oxygen atoms in total. The molecule has 1 N–H and O–H groups in total. The van der Waals surface area contributed by atoms with E-state index in [-0.39, 0.29) is 5.54 Å². The van der Waals surface area contributed by atoms with Gasteiger partial charge in [-0.2, -0.15) is 5.10 Å². The van der Waals surface area contributed by atoms with E-state index in [0.29, 0.717) is 6.04 Å². The Bertz CT molecular complexity index is 386. The molecule has 102 valence electrons. The maximum atomic E-state index is 5.52. The van der Waals surface area contributed by atoms with E-state index in [1.54, 1.807) is 0 Å². The van der Waals surface area contributed by atoms with Crippen LogP contribution in [-0.4, -0.2) is 28.5 Å². The lowest BCUT2D eigenvalue weighted by Gasteiger charge is -2.22. The van der Waals surface area contributed by atoms with Gasteiger partial charge in [0.05, 0.1) is 18.3 Å². The van der Waals surface area contributed by atoms with Crippen LogP contribution in [0.25, 0.3) is 0 Å². The molecule has 1 aromatic heterocycles. The third-order valence-corrected chi connectivity index (χ3v) is 3.34. The van der Waals surface area contributed by atoms with Gasteiger partial charge in [-0.25, -0.2) is 0 Å². The lowest BCUT2D eigenvalue weighted by Crippen LogP contribution is -2.35. The number of aromatic nitrogens is 2. The van der Waals surface area contributed by atoms with E-state index in [1.165, 1.54) is 12.0 Å². The van der Waals surface area contributed by atoms with Crippen molar-refractivity contribution in [3.8, 4) is 0 Å². The van der Waals surface area contributed by atoms with E-state index in [0.717, 1.165) is 31.9 Å². The monoisotopic (exact) mass is 251 g/mol. The number of nitrogens with zero attached hydrogens (tertiary/aromatic N) is 2. The van der Waals surface area contributed by atoms with E-state index in [4.69, 9.17) is 4.74 Å². The van der Waals surface area contributed by atoms with Crippen molar-refractivity contribution in [2.45, 2.75) is 58.7 Å². The Morgan fingerprint density at radius 3 is 2.89 bits per heavy atom. The average Bonchev–Trinajstić information content (AvgIpc) is 2.68. The zero-order chi connectivity index (χ0) is 13.2. The molecule has 0 saturated carbocycles. The number of hydrogen-bond donors (Lipinski definition) is 1. The first kappa shape index (κ1) is 13.6. The Labute approximate surface area is 110 Å². The van der Waals surface area contributed by atoms with Crippen molar-refractivity contribution < 1.29 is 4.74 Å². The Balaban J connectivity index is 2.02. The molecule has 18 heavy (non-hydrogen) atoms. The molecule has 2 rings (SSSR count). The summed E-state index contributed by atoms with van der Waals surface area (Å²) in [5, 5.41) is 8.14. The summed E-state index contributed by atoms with van der Waals surface area (Å²) >= 11 is 0. The Kier molecular flexibility index (Phi) is 4.07. The summed E-state index contributed by atoms with van der Waals surface area (Å²) < 4.78 is 7.61. The standard InChI is InChI=1S/C14H25N3O/c1-11-12(8-15-14(2,3)4)9-17(16-11)13-6-5-7-18-10-13/h9,13,15H,5-8,10H2,1-4H3. The largest absolute Gasteiger partial charge is 0.379 e. The molecule has 0 bridgehead atoms. The van der Waals surface area contributed by atoms with Crippen LogP contribution in [0.4, 0.5) is 0 Å². The van der Waals surface area contributed by atoms with Crippen LogP contribution >= 0.6 is 0 Å². The highest BCUT2D eigenvalue weighted by Crippen LogP contribution is 2.20. The van der Waals surface area contributed by atoms with E-state index in [1.807, 2.05) is 0 Å². The van der Waals surface area contributed by atoms with Gasteiger partial charge in [0.25, 0.3) is 0 Å². The Hall–Kier alpha value is -0.870. The SMILES string of the molecule is Cc1nn(C2CCCOC2)cc1CNC(C)(C)C. The van der Waals surface area contributed by atoms with Crippen LogP contribution in [0.1, 0.15) is 50.9 Å². The van der Waals surface area contributed by atoms with Gasteiger partial charge < -0.3 is 10.1 Å². The second-order valence-electron chi connectivity index (χ2n) is 6.19. The van der Waals surface area contributed by atoms with Gasteiger partial charge in [-0.15, -0.1) is 0 Å². The van der Waals surface area contributed by atoms with Gasteiger partial charge in [0.2, 0.25) is 0 Å². The predicted octanol–water partition coefficient (Wildman–Crippen LogP) is 2.43. The molecule has 1 aliphatic heterocycles. The minimum atomic E-state index is 0.141. The van der Waals surface area contributed by atoms with Crippen LogP contribution in [0.5, 0.6) is 0 Å². The number of nitrogens with one attached hydrogen (secondary N) is 1. The molecular weight excluding hydrogens is 226 g/mol. The molecule has 4 heteroatoms. The lowest BCUT2D eigenvalue weighted by molar-refractivity contribution is 0.0548. The highest BCUT2D eigenvalue weighted by Gasteiger charge is 2.18. The topological polar surface area (TPSA) is 39.1 Å². The summed E-state index contributed by atoms with van der Waals surface area (Å²) in [6, 6.07) is 0.417. The van der Waals surface area contributed by atoms with Crippen molar-refractivity contribution in [3.63, 3.8) is 0 Å². The van der Waals surface area contributed by atoms with Gasteiger partial charge in [-0.1, -0.05) is 0 Å². The van der Waals surface area contributed by atoms with Crippen molar-refractivity contribution in [1.29, 1.82) is 0 Å². The van der Waals surface area contributed by atoms with Crippen LogP contribution in [0, 0.1) is 6.92 Å². The molecule has 1 fully saturated rings. The van der Waals surface area contributed by atoms with Crippen LogP contribution < -0.4 is 5.32 Å². The summed E-state index contributed by atoms with van der Waals surface area (Å²) in [5.41, 5.74) is 2.55. The van der Waals surface area contributed by atoms with E-state index in [9.17, 15) is 0 Å².